The highest BCUT2D eigenvalue weighted by molar-refractivity contribution is 5.95. The average molecular weight is 275 g/mol. The van der Waals surface area contributed by atoms with Crippen molar-refractivity contribution in [2.24, 2.45) is 0 Å². The summed E-state index contributed by atoms with van der Waals surface area (Å²) in [5.41, 5.74) is 2.08. The van der Waals surface area contributed by atoms with Gasteiger partial charge in [0, 0.05) is 32.0 Å². The standard InChI is InChI=1S/C14H17N3O3/c1-19-14(18)12-3-2-4-17-10-11(15-13(12)17)9-16-5-7-20-8-6-16/h2-4,10H,5-9H2,1H3. The number of imidazole rings is 1. The number of nitrogens with zero attached hydrogens (tertiary/aromatic N) is 3. The van der Waals surface area contributed by atoms with Crippen LogP contribution in [0.4, 0.5) is 0 Å². The van der Waals surface area contributed by atoms with E-state index in [9.17, 15) is 4.79 Å². The molecule has 0 aliphatic carbocycles. The van der Waals surface area contributed by atoms with Gasteiger partial charge in [-0.25, -0.2) is 9.78 Å². The molecule has 6 heteroatoms. The van der Waals surface area contributed by atoms with Crippen molar-refractivity contribution in [1.82, 2.24) is 14.3 Å². The monoisotopic (exact) mass is 275 g/mol. The predicted octanol–water partition coefficient (Wildman–Crippen LogP) is 0.953. The van der Waals surface area contributed by atoms with Crippen LogP contribution in [-0.4, -0.2) is 53.7 Å². The summed E-state index contributed by atoms with van der Waals surface area (Å²) < 4.78 is 12.0. The number of hydrogen-bond donors (Lipinski definition) is 0. The van der Waals surface area contributed by atoms with E-state index in [1.807, 2.05) is 22.9 Å². The van der Waals surface area contributed by atoms with E-state index in [2.05, 4.69) is 9.88 Å². The number of pyridine rings is 1. The first kappa shape index (κ1) is 13.1. The lowest BCUT2D eigenvalue weighted by Crippen LogP contribution is -2.35. The van der Waals surface area contributed by atoms with Crippen molar-refractivity contribution >= 4 is 11.6 Å². The molecular formula is C14H17N3O3. The van der Waals surface area contributed by atoms with Gasteiger partial charge in [0.2, 0.25) is 0 Å². The van der Waals surface area contributed by atoms with Crippen LogP contribution >= 0.6 is 0 Å². The van der Waals surface area contributed by atoms with E-state index in [0.29, 0.717) is 11.2 Å². The molecule has 0 bridgehead atoms. The molecule has 2 aromatic heterocycles. The van der Waals surface area contributed by atoms with Crippen LogP contribution in [0.25, 0.3) is 5.65 Å². The highest BCUT2D eigenvalue weighted by Gasteiger charge is 2.16. The highest BCUT2D eigenvalue weighted by atomic mass is 16.5. The number of carbonyl (C=O) groups is 1. The third-order valence-electron chi connectivity index (χ3n) is 3.43. The maximum atomic E-state index is 11.7. The molecule has 2 aromatic rings. The third-order valence-corrected chi connectivity index (χ3v) is 3.43. The molecule has 106 valence electrons. The number of carbonyl (C=O) groups excluding carboxylic acids is 1. The molecule has 20 heavy (non-hydrogen) atoms. The summed E-state index contributed by atoms with van der Waals surface area (Å²) in [6, 6.07) is 3.55. The van der Waals surface area contributed by atoms with E-state index in [1.165, 1.54) is 7.11 Å². The molecule has 0 spiro atoms. The lowest BCUT2D eigenvalue weighted by atomic mass is 10.3. The largest absolute Gasteiger partial charge is 0.465 e. The van der Waals surface area contributed by atoms with E-state index in [1.54, 1.807) is 6.07 Å². The summed E-state index contributed by atoms with van der Waals surface area (Å²) in [4.78, 5) is 18.6. The first-order chi connectivity index (χ1) is 9.78. The Hall–Kier alpha value is -1.92. The lowest BCUT2D eigenvalue weighted by Gasteiger charge is -2.25. The van der Waals surface area contributed by atoms with Gasteiger partial charge in [0.15, 0.2) is 5.65 Å². The maximum absolute atomic E-state index is 11.7. The first-order valence-corrected chi connectivity index (χ1v) is 6.63. The summed E-state index contributed by atoms with van der Waals surface area (Å²) in [7, 11) is 1.38. The van der Waals surface area contributed by atoms with E-state index in [0.717, 1.165) is 38.5 Å². The van der Waals surface area contributed by atoms with Crippen LogP contribution in [0.15, 0.2) is 24.5 Å². The zero-order chi connectivity index (χ0) is 13.9. The van der Waals surface area contributed by atoms with Crippen molar-refractivity contribution in [2.45, 2.75) is 6.54 Å². The molecule has 1 aliphatic rings. The van der Waals surface area contributed by atoms with Crippen molar-refractivity contribution in [3.8, 4) is 0 Å². The fraction of sp³-hybridized carbons (Fsp3) is 0.429. The van der Waals surface area contributed by atoms with Gasteiger partial charge in [-0.3, -0.25) is 4.90 Å². The van der Waals surface area contributed by atoms with Gasteiger partial charge in [0.1, 0.15) is 5.56 Å². The Kier molecular flexibility index (Phi) is 3.66. The number of morpholine rings is 1. The molecule has 0 saturated carbocycles. The third kappa shape index (κ3) is 2.52. The van der Waals surface area contributed by atoms with E-state index < -0.39 is 0 Å². The van der Waals surface area contributed by atoms with Crippen LogP contribution in [-0.2, 0) is 16.0 Å². The van der Waals surface area contributed by atoms with E-state index >= 15 is 0 Å². The van der Waals surface area contributed by atoms with Crippen LogP contribution < -0.4 is 0 Å². The number of hydrogen-bond acceptors (Lipinski definition) is 5. The molecule has 6 nitrogen and oxygen atoms in total. The molecule has 1 saturated heterocycles. The quantitative estimate of drug-likeness (QED) is 0.781. The Morgan fingerprint density at radius 1 is 1.45 bits per heavy atom. The fourth-order valence-corrected chi connectivity index (χ4v) is 2.40. The average Bonchev–Trinajstić information content (AvgIpc) is 2.89. The minimum absolute atomic E-state index is 0.362. The van der Waals surface area contributed by atoms with Crippen molar-refractivity contribution in [3.63, 3.8) is 0 Å². The Balaban J connectivity index is 1.88. The maximum Gasteiger partial charge on any atom is 0.341 e. The molecule has 3 rings (SSSR count). The van der Waals surface area contributed by atoms with Crippen molar-refractivity contribution in [3.05, 3.63) is 35.8 Å². The van der Waals surface area contributed by atoms with Gasteiger partial charge in [-0.2, -0.15) is 0 Å². The van der Waals surface area contributed by atoms with Gasteiger partial charge in [0.05, 0.1) is 26.0 Å². The van der Waals surface area contributed by atoms with Gasteiger partial charge in [-0.05, 0) is 12.1 Å². The zero-order valence-electron chi connectivity index (χ0n) is 11.4. The van der Waals surface area contributed by atoms with Gasteiger partial charge < -0.3 is 13.9 Å². The summed E-state index contributed by atoms with van der Waals surface area (Å²) in [5.74, 6) is -0.362. The van der Waals surface area contributed by atoms with E-state index in [-0.39, 0.29) is 5.97 Å². The molecule has 0 amide bonds. The second kappa shape index (κ2) is 5.60. The van der Waals surface area contributed by atoms with Crippen molar-refractivity contribution in [2.75, 3.05) is 33.4 Å². The molecule has 3 heterocycles. The Bertz CT molecular complexity index is 617. The SMILES string of the molecule is COC(=O)c1cccn2cc(CN3CCOCC3)nc12. The summed E-state index contributed by atoms with van der Waals surface area (Å²) >= 11 is 0. The van der Waals surface area contributed by atoms with Gasteiger partial charge >= 0.3 is 5.97 Å². The van der Waals surface area contributed by atoms with Gasteiger partial charge in [0.25, 0.3) is 0 Å². The minimum atomic E-state index is -0.362. The van der Waals surface area contributed by atoms with Gasteiger partial charge in [-0.15, -0.1) is 0 Å². The van der Waals surface area contributed by atoms with Crippen LogP contribution in [0.3, 0.4) is 0 Å². The molecule has 0 unspecified atom stereocenters. The second-order valence-corrected chi connectivity index (χ2v) is 4.77. The molecule has 0 aromatic carbocycles. The zero-order valence-corrected chi connectivity index (χ0v) is 11.4. The summed E-state index contributed by atoms with van der Waals surface area (Å²) in [6.07, 6.45) is 3.84. The second-order valence-electron chi connectivity index (χ2n) is 4.77. The molecule has 1 fully saturated rings. The predicted molar refractivity (Wildman–Crippen MR) is 72.6 cm³/mol. The topological polar surface area (TPSA) is 56.1 Å². The van der Waals surface area contributed by atoms with Crippen LogP contribution in [0.5, 0.6) is 0 Å². The molecular weight excluding hydrogens is 258 g/mol. The summed E-state index contributed by atoms with van der Waals surface area (Å²) in [6.45, 7) is 4.13. The molecule has 0 atom stereocenters. The number of fused-ring (bicyclic) bond motifs is 1. The van der Waals surface area contributed by atoms with Crippen LogP contribution in [0, 0.1) is 0 Å². The highest BCUT2D eigenvalue weighted by Crippen LogP contribution is 2.14. The Labute approximate surface area is 116 Å². The molecule has 0 N–H and O–H groups in total. The number of ether oxygens (including phenoxy) is 2. The normalized spacial score (nSPS) is 16.4. The van der Waals surface area contributed by atoms with Crippen molar-refractivity contribution < 1.29 is 14.3 Å². The van der Waals surface area contributed by atoms with E-state index in [4.69, 9.17) is 9.47 Å². The summed E-state index contributed by atoms with van der Waals surface area (Å²) in [5, 5.41) is 0. The number of rotatable bonds is 3. The minimum Gasteiger partial charge on any atom is -0.465 e. The fourth-order valence-electron chi connectivity index (χ4n) is 2.40. The number of methoxy groups -OCH3 is 1. The molecule has 0 radical (unpaired) electrons. The number of esters is 1. The number of aromatic nitrogens is 2. The Morgan fingerprint density at radius 2 is 2.25 bits per heavy atom. The van der Waals surface area contributed by atoms with Gasteiger partial charge in [-0.1, -0.05) is 0 Å². The smallest absolute Gasteiger partial charge is 0.341 e. The van der Waals surface area contributed by atoms with Crippen molar-refractivity contribution in [1.29, 1.82) is 0 Å². The Morgan fingerprint density at radius 3 is 3.00 bits per heavy atom. The first-order valence-electron chi connectivity index (χ1n) is 6.63. The molecule has 1 aliphatic heterocycles. The van der Waals surface area contributed by atoms with Crippen LogP contribution in [0.2, 0.25) is 0 Å². The lowest BCUT2D eigenvalue weighted by molar-refractivity contribution is 0.0337. The van der Waals surface area contributed by atoms with Crippen LogP contribution in [0.1, 0.15) is 16.1 Å².